The molecule has 5 nitrogen and oxygen atoms in total. The number of carbonyl (C=O) groups is 1. The van der Waals surface area contributed by atoms with E-state index in [4.69, 9.17) is 14.2 Å². The highest BCUT2D eigenvalue weighted by molar-refractivity contribution is 5.79. The van der Waals surface area contributed by atoms with Gasteiger partial charge >= 0.3 is 0 Å². The van der Waals surface area contributed by atoms with E-state index >= 15 is 0 Å². The molecule has 4 rings (SSSR count). The number of methoxy groups -OCH3 is 1. The van der Waals surface area contributed by atoms with Crippen LogP contribution in [-0.4, -0.2) is 37.7 Å². The lowest BCUT2D eigenvalue weighted by molar-refractivity contribution is -0.131. The number of benzene rings is 3. The molecule has 3 aromatic carbocycles. The normalized spacial score (nSPS) is 13.1. The van der Waals surface area contributed by atoms with Gasteiger partial charge in [-0.15, -0.1) is 0 Å². The fraction of sp³-hybridized carbons (Fsp3) is 0.296. The number of amides is 1. The molecule has 0 bridgehead atoms. The Hall–Kier alpha value is -3.31. The van der Waals surface area contributed by atoms with Crippen molar-refractivity contribution in [2.45, 2.75) is 26.0 Å². The van der Waals surface area contributed by atoms with Crippen LogP contribution in [0, 0.1) is 0 Å². The van der Waals surface area contributed by atoms with Gasteiger partial charge in [-0.25, -0.2) is 0 Å². The molecule has 0 N–H and O–H groups in total. The quantitative estimate of drug-likeness (QED) is 0.496. The summed E-state index contributed by atoms with van der Waals surface area (Å²) in [4.78, 5) is 14.8. The number of hydrogen-bond acceptors (Lipinski definition) is 4. The van der Waals surface area contributed by atoms with Gasteiger partial charge in [-0.3, -0.25) is 4.79 Å². The zero-order chi connectivity index (χ0) is 22.2. The van der Waals surface area contributed by atoms with Crippen LogP contribution in [0.15, 0.2) is 72.8 Å². The second-order valence-corrected chi connectivity index (χ2v) is 7.92. The molecule has 32 heavy (non-hydrogen) atoms. The number of ether oxygens (including phenoxy) is 3. The lowest BCUT2D eigenvalue weighted by atomic mass is 10.1. The molecule has 0 aromatic heterocycles. The summed E-state index contributed by atoms with van der Waals surface area (Å²) in [6, 6.07) is 24.1. The molecule has 0 aliphatic carbocycles. The van der Waals surface area contributed by atoms with Gasteiger partial charge in [0.25, 0.3) is 0 Å². The van der Waals surface area contributed by atoms with E-state index in [1.165, 1.54) is 5.56 Å². The molecule has 0 spiro atoms. The highest BCUT2D eigenvalue weighted by Crippen LogP contribution is 2.25. The SMILES string of the molecule is COc1ccc(CC(=O)N2CCOc3ccc(COCCc4ccccc4)cc3C2)cc1. The molecule has 1 amide bonds. The molecule has 1 aliphatic heterocycles. The first-order chi connectivity index (χ1) is 15.7. The monoisotopic (exact) mass is 431 g/mol. The molecule has 3 aromatic rings. The largest absolute Gasteiger partial charge is 0.497 e. The summed E-state index contributed by atoms with van der Waals surface area (Å²) < 4.78 is 17.0. The van der Waals surface area contributed by atoms with E-state index in [-0.39, 0.29) is 5.91 Å². The van der Waals surface area contributed by atoms with E-state index < -0.39 is 0 Å². The molecule has 0 saturated heterocycles. The van der Waals surface area contributed by atoms with Crippen LogP contribution in [-0.2, 0) is 35.5 Å². The van der Waals surface area contributed by atoms with Crippen molar-refractivity contribution in [1.29, 1.82) is 0 Å². The van der Waals surface area contributed by atoms with Gasteiger partial charge in [0.15, 0.2) is 0 Å². The molecular weight excluding hydrogens is 402 g/mol. The molecule has 5 heteroatoms. The Balaban J connectivity index is 1.34. The van der Waals surface area contributed by atoms with Crippen LogP contribution in [0.2, 0.25) is 0 Å². The van der Waals surface area contributed by atoms with Crippen molar-refractivity contribution >= 4 is 5.91 Å². The number of carbonyl (C=O) groups excluding carboxylic acids is 1. The summed E-state index contributed by atoms with van der Waals surface area (Å²) in [7, 11) is 1.64. The van der Waals surface area contributed by atoms with Gasteiger partial charge in [0.1, 0.15) is 18.1 Å². The maximum absolute atomic E-state index is 12.9. The average molecular weight is 432 g/mol. The van der Waals surface area contributed by atoms with Crippen LogP contribution >= 0.6 is 0 Å². The summed E-state index contributed by atoms with van der Waals surface area (Å²) >= 11 is 0. The number of nitrogens with zero attached hydrogens (tertiary/aromatic N) is 1. The first-order valence-electron chi connectivity index (χ1n) is 11.0. The molecule has 166 valence electrons. The minimum Gasteiger partial charge on any atom is -0.497 e. The van der Waals surface area contributed by atoms with Gasteiger partial charge in [-0.1, -0.05) is 48.5 Å². The highest BCUT2D eigenvalue weighted by atomic mass is 16.5. The summed E-state index contributed by atoms with van der Waals surface area (Å²) in [5.74, 6) is 1.73. The van der Waals surface area contributed by atoms with Gasteiger partial charge in [0.05, 0.1) is 33.3 Å². The van der Waals surface area contributed by atoms with E-state index in [2.05, 4.69) is 18.2 Å². The molecular formula is C27H29NO4. The lowest BCUT2D eigenvalue weighted by Crippen LogP contribution is -2.33. The standard InChI is InChI=1S/C27H29NO4/c1-30-25-10-7-22(8-11-25)18-27(29)28-14-16-32-26-12-9-23(17-24(26)19-28)20-31-15-13-21-5-3-2-4-6-21/h2-12,17H,13-16,18-20H2,1H3. The van der Waals surface area contributed by atoms with Crippen molar-refractivity contribution in [2.24, 2.45) is 0 Å². The zero-order valence-electron chi connectivity index (χ0n) is 18.5. The molecule has 0 radical (unpaired) electrons. The van der Waals surface area contributed by atoms with Gasteiger partial charge < -0.3 is 19.1 Å². The fourth-order valence-corrected chi connectivity index (χ4v) is 3.80. The van der Waals surface area contributed by atoms with E-state index in [1.54, 1.807) is 7.11 Å². The zero-order valence-corrected chi connectivity index (χ0v) is 18.5. The third-order valence-electron chi connectivity index (χ3n) is 5.62. The smallest absolute Gasteiger partial charge is 0.227 e. The van der Waals surface area contributed by atoms with Gasteiger partial charge in [-0.05, 0) is 47.4 Å². The molecule has 0 fully saturated rings. The maximum Gasteiger partial charge on any atom is 0.227 e. The predicted octanol–water partition coefficient (Wildman–Crippen LogP) is 4.42. The number of hydrogen-bond donors (Lipinski definition) is 0. The van der Waals surface area contributed by atoms with Crippen molar-refractivity contribution < 1.29 is 19.0 Å². The Labute approximate surface area is 189 Å². The Bertz CT molecular complexity index is 1020. The van der Waals surface area contributed by atoms with Crippen LogP contribution in [0.25, 0.3) is 0 Å². The van der Waals surface area contributed by atoms with Gasteiger partial charge in [0.2, 0.25) is 5.91 Å². The molecule has 1 aliphatic rings. The van der Waals surface area contributed by atoms with E-state index in [0.717, 1.165) is 34.6 Å². The minimum atomic E-state index is 0.0936. The Morgan fingerprint density at radius 2 is 1.75 bits per heavy atom. The summed E-state index contributed by atoms with van der Waals surface area (Å²) in [5, 5.41) is 0. The lowest BCUT2D eigenvalue weighted by Gasteiger charge is -2.20. The van der Waals surface area contributed by atoms with Gasteiger partial charge in [0, 0.05) is 12.1 Å². The Morgan fingerprint density at radius 1 is 0.969 bits per heavy atom. The van der Waals surface area contributed by atoms with Crippen LogP contribution in [0.5, 0.6) is 11.5 Å². The number of fused-ring (bicyclic) bond motifs is 1. The third-order valence-corrected chi connectivity index (χ3v) is 5.62. The number of rotatable bonds is 8. The van der Waals surface area contributed by atoms with Crippen LogP contribution in [0.4, 0.5) is 0 Å². The molecule has 1 heterocycles. The van der Waals surface area contributed by atoms with Crippen molar-refractivity contribution in [1.82, 2.24) is 4.90 Å². The molecule has 0 saturated carbocycles. The minimum absolute atomic E-state index is 0.0936. The van der Waals surface area contributed by atoms with Crippen LogP contribution in [0.3, 0.4) is 0 Å². The Morgan fingerprint density at radius 3 is 2.53 bits per heavy atom. The van der Waals surface area contributed by atoms with Crippen molar-refractivity contribution in [2.75, 3.05) is 26.9 Å². The van der Waals surface area contributed by atoms with E-state index in [1.807, 2.05) is 59.5 Å². The fourth-order valence-electron chi connectivity index (χ4n) is 3.80. The second kappa shape index (κ2) is 10.8. The maximum atomic E-state index is 12.9. The molecule has 0 unspecified atom stereocenters. The topological polar surface area (TPSA) is 48.0 Å². The van der Waals surface area contributed by atoms with Crippen LogP contribution in [0.1, 0.15) is 22.3 Å². The predicted molar refractivity (Wildman–Crippen MR) is 124 cm³/mol. The average Bonchev–Trinajstić information content (AvgIpc) is 3.05. The Kier molecular flexibility index (Phi) is 7.41. The summed E-state index contributed by atoms with van der Waals surface area (Å²) in [6.45, 7) is 2.83. The highest BCUT2D eigenvalue weighted by Gasteiger charge is 2.20. The molecule has 0 atom stereocenters. The van der Waals surface area contributed by atoms with Crippen molar-refractivity contribution in [3.05, 3.63) is 95.1 Å². The second-order valence-electron chi connectivity index (χ2n) is 7.92. The van der Waals surface area contributed by atoms with Crippen LogP contribution < -0.4 is 9.47 Å². The van der Waals surface area contributed by atoms with Gasteiger partial charge in [-0.2, -0.15) is 0 Å². The van der Waals surface area contributed by atoms with E-state index in [9.17, 15) is 4.79 Å². The first-order valence-corrected chi connectivity index (χ1v) is 11.0. The van der Waals surface area contributed by atoms with E-state index in [0.29, 0.717) is 39.3 Å². The summed E-state index contributed by atoms with van der Waals surface area (Å²) in [6.07, 6.45) is 1.25. The first kappa shape index (κ1) is 21.9. The van der Waals surface area contributed by atoms with Crippen molar-refractivity contribution in [3.63, 3.8) is 0 Å². The summed E-state index contributed by atoms with van der Waals surface area (Å²) in [5.41, 5.74) is 4.36. The third kappa shape index (κ3) is 5.89. The van der Waals surface area contributed by atoms with Crippen molar-refractivity contribution in [3.8, 4) is 11.5 Å².